The summed E-state index contributed by atoms with van der Waals surface area (Å²) >= 11 is 6.19. The highest BCUT2D eigenvalue weighted by Crippen LogP contribution is 2.30. The molecule has 2 rings (SSSR count). The van der Waals surface area contributed by atoms with E-state index in [1.54, 1.807) is 24.3 Å². The fourth-order valence-electron chi connectivity index (χ4n) is 2.46. The molecule has 0 radical (unpaired) electrons. The molecule has 0 aliphatic rings. The summed E-state index contributed by atoms with van der Waals surface area (Å²) in [5.41, 5.74) is 6.30. The zero-order valence-electron chi connectivity index (χ0n) is 13.6. The first kappa shape index (κ1) is 21.4. The summed E-state index contributed by atoms with van der Waals surface area (Å²) in [4.78, 5) is 12.3. The van der Waals surface area contributed by atoms with Crippen LogP contribution in [-0.4, -0.2) is 11.9 Å². The molecule has 0 bridgehead atoms. The molecule has 0 saturated heterocycles. The number of carbonyl (C=O) groups excluding carboxylic acids is 1. The average Bonchev–Trinajstić information content (AvgIpc) is 2.56. The molecule has 2 atom stereocenters. The summed E-state index contributed by atoms with van der Waals surface area (Å²) in [6.45, 7) is 1.91. The third kappa shape index (κ3) is 5.39. The van der Waals surface area contributed by atoms with Crippen molar-refractivity contribution in [2.24, 2.45) is 5.73 Å². The lowest BCUT2D eigenvalue weighted by molar-refractivity contribution is -0.123. The molecule has 136 valence electrons. The molecule has 3 nitrogen and oxygen atoms in total. The molecule has 7 heteroatoms. The zero-order valence-corrected chi connectivity index (χ0v) is 15.2. The van der Waals surface area contributed by atoms with Crippen LogP contribution in [0, 0.1) is 11.6 Å². The van der Waals surface area contributed by atoms with Crippen LogP contribution in [-0.2, 0) is 4.79 Å². The van der Waals surface area contributed by atoms with Crippen molar-refractivity contribution in [2.75, 3.05) is 0 Å². The van der Waals surface area contributed by atoms with E-state index in [4.69, 9.17) is 17.3 Å². The fraction of sp³-hybridized carbons (Fsp3) is 0.278. The van der Waals surface area contributed by atoms with Gasteiger partial charge in [-0.25, -0.2) is 8.78 Å². The van der Waals surface area contributed by atoms with E-state index in [0.717, 1.165) is 24.6 Å². The Hall–Kier alpha value is -1.69. The first-order chi connectivity index (χ1) is 11.4. The number of benzene rings is 2. The highest BCUT2D eigenvalue weighted by Gasteiger charge is 2.25. The Labute approximate surface area is 157 Å². The maximum Gasteiger partial charge on any atom is 0.237 e. The third-order valence-corrected chi connectivity index (χ3v) is 4.05. The number of rotatable bonds is 6. The predicted molar refractivity (Wildman–Crippen MR) is 97.9 cm³/mol. The van der Waals surface area contributed by atoms with E-state index in [1.807, 2.05) is 6.92 Å². The van der Waals surface area contributed by atoms with Crippen LogP contribution < -0.4 is 11.1 Å². The molecular weight excluding hydrogens is 369 g/mol. The van der Waals surface area contributed by atoms with Crippen molar-refractivity contribution in [1.29, 1.82) is 0 Å². The highest BCUT2D eigenvalue weighted by atomic mass is 35.5. The molecule has 0 aliphatic carbocycles. The van der Waals surface area contributed by atoms with Gasteiger partial charge in [0.25, 0.3) is 0 Å². The van der Waals surface area contributed by atoms with Gasteiger partial charge in [0.05, 0.1) is 12.1 Å². The largest absolute Gasteiger partial charge is 0.344 e. The Balaban J connectivity index is 0.00000312. The van der Waals surface area contributed by atoms with Gasteiger partial charge < -0.3 is 11.1 Å². The van der Waals surface area contributed by atoms with Crippen LogP contribution in [0.15, 0.2) is 42.5 Å². The number of nitrogens with two attached hydrogens (primary N) is 1. The maximum absolute atomic E-state index is 14.2. The van der Waals surface area contributed by atoms with Crippen molar-refractivity contribution in [1.82, 2.24) is 5.32 Å². The smallest absolute Gasteiger partial charge is 0.237 e. The van der Waals surface area contributed by atoms with Crippen LogP contribution in [0.3, 0.4) is 0 Å². The van der Waals surface area contributed by atoms with Crippen molar-refractivity contribution in [3.05, 3.63) is 70.2 Å². The number of halogens is 4. The van der Waals surface area contributed by atoms with Gasteiger partial charge in [0.2, 0.25) is 5.91 Å². The van der Waals surface area contributed by atoms with Crippen molar-refractivity contribution >= 4 is 29.9 Å². The van der Waals surface area contributed by atoms with Gasteiger partial charge in [-0.1, -0.05) is 43.1 Å². The van der Waals surface area contributed by atoms with Crippen molar-refractivity contribution in [2.45, 2.75) is 31.8 Å². The molecule has 25 heavy (non-hydrogen) atoms. The molecule has 0 aliphatic heterocycles. The molecule has 1 amide bonds. The topological polar surface area (TPSA) is 55.1 Å². The van der Waals surface area contributed by atoms with Crippen molar-refractivity contribution in [3.8, 4) is 0 Å². The Morgan fingerprint density at radius 3 is 2.52 bits per heavy atom. The lowest BCUT2D eigenvalue weighted by Crippen LogP contribution is -2.42. The predicted octanol–water partition coefficient (Wildman–Crippen LogP) is 4.37. The second-order valence-corrected chi connectivity index (χ2v) is 5.93. The summed E-state index contributed by atoms with van der Waals surface area (Å²) in [5.74, 6) is -1.67. The van der Waals surface area contributed by atoms with Crippen LogP contribution >= 0.6 is 24.0 Å². The maximum atomic E-state index is 14.2. The Morgan fingerprint density at radius 2 is 1.88 bits per heavy atom. The van der Waals surface area contributed by atoms with Crippen LogP contribution in [0.4, 0.5) is 8.78 Å². The van der Waals surface area contributed by atoms with E-state index in [1.165, 1.54) is 0 Å². The first-order valence-electron chi connectivity index (χ1n) is 7.69. The molecular formula is C18H20Cl2F2N2O. The summed E-state index contributed by atoms with van der Waals surface area (Å²) in [5, 5.41) is 3.03. The second-order valence-electron chi connectivity index (χ2n) is 5.52. The van der Waals surface area contributed by atoms with Gasteiger partial charge in [-0.15, -0.1) is 12.4 Å². The SMILES string of the molecule is CCCC(N)C(=O)NC(c1cc(F)ccc1F)c1ccccc1Cl.Cl. The van der Waals surface area contributed by atoms with Gasteiger partial charge in [0.15, 0.2) is 0 Å². The van der Waals surface area contributed by atoms with E-state index >= 15 is 0 Å². The monoisotopic (exact) mass is 388 g/mol. The number of nitrogens with one attached hydrogen (secondary N) is 1. The van der Waals surface area contributed by atoms with E-state index in [2.05, 4.69) is 5.32 Å². The van der Waals surface area contributed by atoms with Gasteiger partial charge in [0.1, 0.15) is 11.6 Å². The van der Waals surface area contributed by atoms with Crippen molar-refractivity contribution < 1.29 is 13.6 Å². The van der Waals surface area contributed by atoms with Gasteiger partial charge in [-0.2, -0.15) is 0 Å². The average molecular weight is 389 g/mol. The van der Waals surface area contributed by atoms with Crippen molar-refractivity contribution in [3.63, 3.8) is 0 Å². The van der Waals surface area contributed by atoms with Crippen LogP contribution in [0.25, 0.3) is 0 Å². The molecule has 3 N–H and O–H groups in total. The summed E-state index contributed by atoms with van der Waals surface area (Å²) in [7, 11) is 0. The lowest BCUT2D eigenvalue weighted by atomic mass is 9.97. The molecule has 0 spiro atoms. The molecule has 2 aromatic rings. The van der Waals surface area contributed by atoms with E-state index in [0.29, 0.717) is 17.0 Å². The second kappa shape index (κ2) is 9.70. The molecule has 0 aromatic heterocycles. The third-order valence-electron chi connectivity index (χ3n) is 3.71. The fourth-order valence-corrected chi connectivity index (χ4v) is 2.70. The Kier molecular flexibility index (Phi) is 8.29. The van der Waals surface area contributed by atoms with E-state index in [-0.39, 0.29) is 18.0 Å². The van der Waals surface area contributed by atoms with Crippen LogP contribution in [0.5, 0.6) is 0 Å². The van der Waals surface area contributed by atoms with Crippen LogP contribution in [0.1, 0.15) is 36.9 Å². The zero-order chi connectivity index (χ0) is 17.7. The standard InChI is InChI=1S/C18H19ClF2N2O.ClH/c1-2-5-16(22)18(24)23-17(12-6-3-4-7-14(12)19)13-10-11(20)8-9-15(13)21;/h3-4,6-10,16-17H,2,5,22H2,1H3,(H,23,24);1H. The summed E-state index contributed by atoms with van der Waals surface area (Å²) in [6, 6.07) is 8.15. The molecule has 0 saturated carbocycles. The lowest BCUT2D eigenvalue weighted by Gasteiger charge is -2.23. The van der Waals surface area contributed by atoms with Gasteiger partial charge >= 0.3 is 0 Å². The first-order valence-corrected chi connectivity index (χ1v) is 8.07. The normalized spacial score (nSPS) is 12.8. The minimum atomic E-state index is -0.926. The number of hydrogen-bond donors (Lipinski definition) is 2. The minimum Gasteiger partial charge on any atom is -0.344 e. The Morgan fingerprint density at radius 1 is 1.20 bits per heavy atom. The Bertz CT molecular complexity index is 728. The summed E-state index contributed by atoms with van der Waals surface area (Å²) in [6.07, 6.45) is 1.23. The van der Waals surface area contributed by atoms with E-state index in [9.17, 15) is 13.6 Å². The minimum absolute atomic E-state index is 0. The molecule has 0 fully saturated rings. The number of carbonyl (C=O) groups is 1. The number of amides is 1. The van der Waals surface area contributed by atoms with Gasteiger partial charge in [0, 0.05) is 10.6 Å². The quantitative estimate of drug-likeness (QED) is 0.771. The molecule has 2 aromatic carbocycles. The van der Waals surface area contributed by atoms with Crippen LogP contribution in [0.2, 0.25) is 5.02 Å². The number of hydrogen-bond acceptors (Lipinski definition) is 2. The molecule has 0 heterocycles. The molecule has 2 unspecified atom stereocenters. The van der Waals surface area contributed by atoms with E-state index < -0.39 is 29.6 Å². The van der Waals surface area contributed by atoms with Gasteiger partial charge in [-0.3, -0.25) is 4.79 Å². The van der Waals surface area contributed by atoms with Gasteiger partial charge in [-0.05, 0) is 36.2 Å². The summed E-state index contributed by atoms with van der Waals surface area (Å²) < 4.78 is 27.8. The highest BCUT2D eigenvalue weighted by molar-refractivity contribution is 6.31.